The van der Waals surface area contributed by atoms with Gasteiger partial charge in [-0.05, 0) is 57.3 Å². The Morgan fingerprint density at radius 3 is 1.92 bits per heavy atom. The molecule has 0 aromatic heterocycles. The predicted octanol–water partition coefficient (Wildman–Crippen LogP) is 2.51. The highest BCUT2D eigenvalue weighted by molar-refractivity contribution is 7.86. The summed E-state index contributed by atoms with van der Waals surface area (Å²) >= 11 is 0. The van der Waals surface area contributed by atoms with E-state index in [1.54, 1.807) is 8.61 Å². The average molecular weight is 386 g/mol. The Bertz CT molecular complexity index is 557. The number of hydrogen-bond acceptors (Lipinski definition) is 3. The van der Waals surface area contributed by atoms with Gasteiger partial charge in [0, 0.05) is 38.1 Å². The van der Waals surface area contributed by atoms with Gasteiger partial charge in [0.2, 0.25) is 5.91 Å². The first-order valence-corrected chi connectivity index (χ1v) is 11.9. The summed E-state index contributed by atoms with van der Waals surface area (Å²) in [7, 11) is -3.36. The van der Waals surface area contributed by atoms with E-state index in [0.717, 1.165) is 44.4 Å². The minimum Gasteiger partial charge on any atom is -0.353 e. The number of nitrogens with one attached hydrogen (secondary N) is 1. The molecule has 2 aliphatic heterocycles. The van der Waals surface area contributed by atoms with Gasteiger partial charge in [0.15, 0.2) is 0 Å². The van der Waals surface area contributed by atoms with E-state index in [-0.39, 0.29) is 11.8 Å². The maximum atomic E-state index is 12.9. The van der Waals surface area contributed by atoms with Gasteiger partial charge in [-0.1, -0.05) is 19.8 Å². The molecule has 0 unspecified atom stereocenters. The minimum absolute atomic E-state index is 0.0371. The van der Waals surface area contributed by atoms with Crippen LogP contribution >= 0.6 is 0 Å². The fraction of sp³-hybridized carbons (Fsp3) is 0.947. The molecule has 3 aliphatic rings. The Morgan fingerprint density at radius 2 is 1.35 bits per heavy atom. The molecule has 0 aromatic rings. The largest absolute Gasteiger partial charge is 0.353 e. The normalized spacial score (nSPS) is 30.7. The Morgan fingerprint density at radius 1 is 0.808 bits per heavy atom. The first kappa shape index (κ1) is 20.1. The third kappa shape index (κ3) is 4.98. The molecule has 26 heavy (non-hydrogen) atoms. The van der Waals surface area contributed by atoms with Crippen LogP contribution < -0.4 is 5.32 Å². The summed E-state index contributed by atoms with van der Waals surface area (Å²) in [6.45, 7) is 4.50. The molecule has 1 aliphatic carbocycles. The first-order valence-electron chi connectivity index (χ1n) is 10.5. The molecule has 1 saturated carbocycles. The van der Waals surface area contributed by atoms with Crippen molar-refractivity contribution in [2.45, 2.75) is 77.2 Å². The molecule has 6 nitrogen and oxygen atoms in total. The van der Waals surface area contributed by atoms with Crippen molar-refractivity contribution in [3.8, 4) is 0 Å². The molecule has 1 N–H and O–H groups in total. The van der Waals surface area contributed by atoms with Gasteiger partial charge in [-0.15, -0.1) is 0 Å². The Labute approximate surface area is 158 Å². The molecule has 3 rings (SSSR count). The van der Waals surface area contributed by atoms with Crippen molar-refractivity contribution in [2.24, 2.45) is 11.8 Å². The van der Waals surface area contributed by atoms with Crippen LogP contribution in [0.2, 0.25) is 0 Å². The molecule has 0 atom stereocenters. The van der Waals surface area contributed by atoms with Crippen molar-refractivity contribution in [3.05, 3.63) is 0 Å². The predicted molar refractivity (Wildman–Crippen MR) is 103 cm³/mol. The summed E-state index contributed by atoms with van der Waals surface area (Å²) in [5.41, 5.74) is 0. The number of hydrogen-bond donors (Lipinski definition) is 1. The van der Waals surface area contributed by atoms with Crippen LogP contribution in [-0.4, -0.2) is 55.2 Å². The van der Waals surface area contributed by atoms with E-state index in [4.69, 9.17) is 0 Å². The number of rotatable bonds is 4. The number of piperidine rings is 1. The highest BCUT2D eigenvalue weighted by Gasteiger charge is 2.35. The zero-order valence-electron chi connectivity index (χ0n) is 16.2. The minimum atomic E-state index is -3.36. The van der Waals surface area contributed by atoms with Crippen LogP contribution in [0.3, 0.4) is 0 Å². The lowest BCUT2D eigenvalue weighted by atomic mass is 9.87. The molecule has 0 spiro atoms. The standard InChI is InChI=1S/C19H35N3O3S/c1-16-6-8-18(9-7-16)20-19(23)17-10-14-22(15-11-17)26(24,25)21-12-4-2-3-5-13-21/h16-18H,2-15H2,1H3,(H,20,23). The summed E-state index contributed by atoms with van der Waals surface area (Å²) in [6.07, 6.45) is 9.97. The van der Waals surface area contributed by atoms with Crippen molar-refractivity contribution in [1.29, 1.82) is 0 Å². The second kappa shape index (κ2) is 9.02. The molecule has 2 saturated heterocycles. The van der Waals surface area contributed by atoms with Crippen LogP contribution in [0.4, 0.5) is 0 Å². The molecule has 150 valence electrons. The van der Waals surface area contributed by atoms with E-state index in [1.807, 2.05) is 0 Å². The van der Waals surface area contributed by atoms with Crippen LogP contribution in [0, 0.1) is 11.8 Å². The number of nitrogens with zero attached hydrogens (tertiary/aromatic N) is 2. The molecule has 3 fully saturated rings. The van der Waals surface area contributed by atoms with Gasteiger partial charge in [0.1, 0.15) is 0 Å². The second-order valence-electron chi connectivity index (χ2n) is 8.46. The summed E-state index contributed by atoms with van der Waals surface area (Å²) < 4.78 is 29.0. The van der Waals surface area contributed by atoms with Crippen molar-refractivity contribution >= 4 is 16.1 Å². The second-order valence-corrected chi connectivity index (χ2v) is 10.4. The molecule has 0 bridgehead atoms. The van der Waals surface area contributed by atoms with Crippen molar-refractivity contribution in [3.63, 3.8) is 0 Å². The van der Waals surface area contributed by atoms with Gasteiger partial charge >= 0.3 is 0 Å². The molecule has 0 aromatic carbocycles. The van der Waals surface area contributed by atoms with Crippen LogP contribution in [-0.2, 0) is 15.0 Å². The summed E-state index contributed by atoms with van der Waals surface area (Å²) in [6, 6.07) is 0.317. The Balaban J connectivity index is 1.48. The van der Waals surface area contributed by atoms with Crippen molar-refractivity contribution in [1.82, 2.24) is 13.9 Å². The van der Waals surface area contributed by atoms with Gasteiger partial charge in [-0.3, -0.25) is 4.79 Å². The van der Waals surface area contributed by atoms with Crippen molar-refractivity contribution < 1.29 is 13.2 Å². The van der Waals surface area contributed by atoms with Crippen LogP contribution in [0.25, 0.3) is 0 Å². The van der Waals surface area contributed by atoms with Gasteiger partial charge in [-0.25, -0.2) is 0 Å². The molecule has 2 heterocycles. The fourth-order valence-corrected chi connectivity index (χ4v) is 6.23. The summed E-state index contributed by atoms with van der Waals surface area (Å²) in [5, 5.41) is 3.22. The van der Waals surface area contributed by atoms with E-state index >= 15 is 0 Å². The molecule has 7 heteroatoms. The fourth-order valence-electron chi connectivity index (χ4n) is 4.51. The molecular formula is C19H35N3O3S. The van der Waals surface area contributed by atoms with E-state index in [2.05, 4.69) is 12.2 Å². The highest BCUT2D eigenvalue weighted by Crippen LogP contribution is 2.26. The van der Waals surface area contributed by atoms with E-state index in [0.29, 0.717) is 45.1 Å². The maximum Gasteiger partial charge on any atom is 0.281 e. The van der Waals surface area contributed by atoms with E-state index < -0.39 is 10.2 Å². The van der Waals surface area contributed by atoms with Gasteiger partial charge in [-0.2, -0.15) is 17.0 Å². The third-order valence-corrected chi connectivity index (χ3v) is 8.44. The number of amides is 1. The number of carbonyl (C=O) groups is 1. The Hall–Kier alpha value is -0.660. The lowest BCUT2D eigenvalue weighted by molar-refractivity contribution is -0.127. The first-order chi connectivity index (χ1) is 12.5. The maximum absolute atomic E-state index is 12.9. The highest BCUT2D eigenvalue weighted by atomic mass is 32.2. The van der Waals surface area contributed by atoms with E-state index in [1.165, 1.54) is 12.8 Å². The van der Waals surface area contributed by atoms with Crippen LogP contribution in [0.1, 0.15) is 71.1 Å². The molecule has 0 radical (unpaired) electrons. The number of carbonyl (C=O) groups excluding carboxylic acids is 1. The lowest BCUT2D eigenvalue weighted by Crippen LogP contribution is -2.50. The molecular weight excluding hydrogens is 350 g/mol. The van der Waals surface area contributed by atoms with Crippen LogP contribution in [0.15, 0.2) is 0 Å². The average Bonchev–Trinajstić information content (AvgIpc) is 2.94. The third-order valence-electron chi connectivity index (χ3n) is 6.40. The Kier molecular flexibility index (Phi) is 6.97. The summed E-state index contributed by atoms with van der Waals surface area (Å²) in [5.74, 6) is 0.872. The van der Waals surface area contributed by atoms with E-state index in [9.17, 15) is 13.2 Å². The topological polar surface area (TPSA) is 69.7 Å². The van der Waals surface area contributed by atoms with Gasteiger partial charge in [0.25, 0.3) is 10.2 Å². The summed E-state index contributed by atoms with van der Waals surface area (Å²) in [4.78, 5) is 12.6. The monoisotopic (exact) mass is 385 g/mol. The van der Waals surface area contributed by atoms with Gasteiger partial charge in [0.05, 0.1) is 0 Å². The van der Waals surface area contributed by atoms with Gasteiger partial charge < -0.3 is 5.32 Å². The molecule has 1 amide bonds. The lowest BCUT2D eigenvalue weighted by Gasteiger charge is -2.35. The quantitative estimate of drug-likeness (QED) is 0.808. The van der Waals surface area contributed by atoms with Crippen molar-refractivity contribution in [2.75, 3.05) is 26.2 Å². The van der Waals surface area contributed by atoms with Crippen LogP contribution in [0.5, 0.6) is 0 Å². The zero-order chi connectivity index (χ0) is 18.6. The smallest absolute Gasteiger partial charge is 0.281 e. The zero-order valence-corrected chi connectivity index (χ0v) is 17.0. The SMILES string of the molecule is CC1CCC(NC(=O)C2CCN(S(=O)(=O)N3CCCCCC3)CC2)CC1.